The van der Waals surface area contributed by atoms with E-state index in [1.165, 1.54) is 0 Å². The predicted molar refractivity (Wildman–Crippen MR) is 121 cm³/mol. The van der Waals surface area contributed by atoms with Crippen molar-refractivity contribution in [1.82, 2.24) is 10.2 Å². The fourth-order valence-electron chi connectivity index (χ4n) is 3.57. The van der Waals surface area contributed by atoms with E-state index in [9.17, 15) is 5.11 Å². The second-order valence-corrected chi connectivity index (χ2v) is 7.05. The number of hydrogen-bond acceptors (Lipinski definition) is 5. The number of phenols is 1. The number of piperazine rings is 1. The Morgan fingerprint density at radius 2 is 1.83 bits per heavy atom. The lowest BCUT2D eigenvalue weighted by molar-refractivity contribution is 0.317. The van der Waals surface area contributed by atoms with Crippen LogP contribution in [0, 0.1) is 0 Å². The molecule has 2 aromatic carbocycles. The third-order valence-corrected chi connectivity index (χ3v) is 5.08. The normalized spacial score (nSPS) is 14.6. The summed E-state index contributed by atoms with van der Waals surface area (Å²) in [6.07, 6.45) is 0. The van der Waals surface area contributed by atoms with Gasteiger partial charge in [-0.05, 0) is 43.7 Å². The van der Waals surface area contributed by atoms with E-state index in [4.69, 9.17) is 14.5 Å². The van der Waals surface area contributed by atoms with Gasteiger partial charge < -0.3 is 29.7 Å². The van der Waals surface area contributed by atoms with Crippen molar-refractivity contribution in [2.75, 3.05) is 51.3 Å². The second-order valence-electron chi connectivity index (χ2n) is 7.05. The number of aromatic hydroxyl groups is 1. The number of hydrogen-bond donors (Lipinski definition) is 2. The van der Waals surface area contributed by atoms with E-state index < -0.39 is 0 Å². The molecule has 0 radical (unpaired) electrons. The number of nitrogens with zero attached hydrogens (tertiary/aromatic N) is 3. The minimum absolute atomic E-state index is 0.156. The van der Waals surface area contributed by atoms with Crippen LogP contribution in [-0.4, -0.2) is 62.4 Å². The zero-order valence-corrected chi connectivity index (χ0v) is 18.1. The van der Waals surface area contributed by atoms with Crippen molar-refractivity contribution in [3.63, 3.8) is 0 Å². The molecule has 0 spiro atoms. The molecule has 162 valence electrons. The fourth-order valence-corrected chi connectivity index (χ4v) is 3.57. The van der Waals surface area contributed by atoms with Gasteiger partial charge >= 0.3 is 0 Å². The summed E-state index contributed by atoms with van der Waals surface area (Å²) in [6, 6.07) is 13.5. The Kier molecular flexibility index (Phi) is 7.65. The molecular weight excluding hydrogens is 380 g/mol. The van der Waals surface area contributed by atoms with Crippen LogP contribution in [0.4, 0.5) is 5.69 Å². The summed E-state index contributed by atoms with van der Waals surface area (Å²) in [4.78, 5) is 9.47. The van der Waals surface area contributed by atoms with Gasteiger partial charge in [0.1, 0.15) is 5.75 Å². The van der Waals surface area contributed by atoms with Crippen LogP contribution in [0.1, 0.15) is 19.4 Å². The first-order valence-electron chi connectivity index (χ1n) is 10.5. The van der Waals surface area contributed by atoms with Crippen LogP contribution in [0.5, 0.6) is 17.2 Å². The predicted octanol–water partition coefficient (Wildman–Crippen LogP) is 3.09. The topological polar surface area (TPSA) is 69.6 Å². The third kappa shape index (κ3) is 5.28. The summed E-state index contributed by atoms with van der Waals surface area (Å²) < 4.78 is 11.0. The van der Waals surface area contributed by atoms with Gasteiger partial charge in [0, 0.05) is 32.7 Å². The molecule has 30 heavy (non-hydrogen) atoms. The third-order valence-electron chi connectivity index (χ3n) is 5.08. The molecule has 0 saturated carbocycles. The SMILES string of the molecule is CCNC(=NCc1ccc(O)c(OCC)c1)N1CCN(c2ccccc2OC)CC1. The number of ether oxygens (including phenoxy) is 2. The quantitative estimate of drug-likeness (QED) is 0.538. The number of guanidine groups is 1. The van der Waals surface area contributed by atoms with E-state index in [0.29, 0.717) is 18.9 Å². The molecule has 2 N–H and O–H groups in total. The summed E-state index contributed by atoms with van der Waals surface area (Å²) in [7, 11) is 1.71. The highest BCUT2D eigenvalue weighted by Gasteiger charge is 2.21. The van der Waals surface area contributed by atoms with Crippen LogP contribution in [0.2, 0.25) is 0 Å². The molecule has 1 heterocycles. The Morgan fingerprint density at radius 1 is 1.07 bits per heavy atom. The summed E-state index contributed by atoms with van der Waals surface area (Å²) in [5.41, 5.74) is 2.13. The number of para-hydroxylation sites is 2. The van der Waals surface area contributed by atoms with Crippen molar-refractivity contribution in [2.45, 2.75) is 20.4 Å². The molecule has 1 aliphatic heterocycles. The molecule has 0 aromatic heterocycles. The zero-order chi connectivity index (χ0) is 21.3. The summed E-state index contributed by atoms with van der Waals surface area (Å²) in [6.45, 7) is 9.39. The lowest BCUT2D eigenvalue weighted by Gasteiger charge is -2.38. The van der Waals surface area contributed by atoms with Gasteiger partial charge in [-0.15, -0.1) is 0 Å². The maximum absolute atomic E-state index is 9.89. The van der Waals surface area contributed by atoms with E-state index in [0.717, 1.165) is 55.7 Å². The Labute approximate surface area is 178 Å². The smallest absolute Gasteiger partial charge is 0.194 e. The molecular formula is C23H32N4O3. The largest absolute Gasteiger partial charge is 0.504 e. The first kappa shape index (κ1) is 21.6. The highest BCUT2D eigenvalue weighted by molar-refractivity contribution is 5.80. The number of aliphatic imine (C=N–C) groups is 1. The first-order chi connectivity index (χ1) is 14.7. The van der Waals surface area contributed by atoms with Crippen LogP contribution < -0.4 is 19.7 Å². The van der Waals surface area contributed by atoms with Gasteiger partial charge in [0.25, 0.3) is 0 Å². The van der Waals surface area contributed by atoms with Crippen molar-refractivity contribution in [1.29, 1.82) is 0 Å². The van der Waals surface area contributed by atoms with Crippen molar-refractivity contribution in [2.24, 2.45) is 4.99 Å². The average molecular weight is 413 g/mol. The van der Waals surface area contributed by atoms with Crippen molar-refractivity contribution in [3.05, 3.63) is 48.0 Å². The Morgan fingerprint density at radius 3 is 2.53 bits per heavy atom. The average Bonchev–Trinajstić information content (AvgIpc) is 2.79. The lowest BCUT2D eigenvalue weighted by Crippen LogP contribution is -2.52. The van der Waals surface area contributed by atoms with Gasteiger partial charge in [-0.3, -0.25) is 0 Å². The first-order valence-corrected chi connectivity index (χ1v) is 10.5. The van der Waals surface area contributed by atoms with Gasteiger partial charge in [0.2, 0.25) is 0 Å². The number of nitrogens with one attached hydrogen (secondary N) is 1. The van der Waals surface area contributed by atoms with Crippen LogP contribution >= 0.6 is 0 Å². The second kappa shape index (κ2) is 10.6. The van der Waals surface area contributed by atoms with Crippen LogP contribution in [0.15, 0.2) is 47.5 Å². The lowest BCUT2D eigenvalue weighted by atomic mass is 10.2. The summed E-state index contributed by atoms with van der Waals surface area (Å²) >= 11 is 0. The summed E-state index contributed by atoms with van der Waals surface area (Å²) in [5, 5.41) is 13.3. The minimum atomic E-state index is 0.156. The molecule has 1 aliphatic rings. The number of rotatable bonds is 7. The minimum Gasteiger partial charge on any atom is -0.504 e. The number of methoxy groups -OCH3 is 1. The Hall–Kier alpha value is -3.09. The maximum Gasteiger partial charge on any atom is 0.194 e. The van der Waals surface area contributed by atoms with Gasteiger partial charge in [0.15, 0.2) is 17.5 Å². The summed E-state index contributed by atoms with van der Waals surface area (Å²) in [5.74, 6) is 2.47. The molecule has 1 fully saturated rings. The van der Waals surface area contributed by atoms with Gasteiger partial charge in [-0.2, -0.15) is 0 Å². The van der Waals surface area contributed by atoms with E-state index in [1.54, 1.807) is 13.2 Å². The highest BCUT2D eigenvalue weighted by atomic mass is 16.5. The number of benzene rings is 2. The molecule has 1 saturated heterocycles. The highest BCUT2D eigenvalue weighted by Crippen LogP contribution is 2.29. The molecule has 7 nitrogen and oxygen atoms in total. The fraction of sp³-hybridized carbons (Fsp3) is 0.435. The van der Waals surface area contributed by atoms with Gasteiger partial charge in [-0.1, -0.05) is 18.2 Å². The molecule has 7 heteroatoms. The van der Waals surface area contributed by atoms with E-state index in [1.807, 2.05) is 37.3 Å². The number of anilines is 1. The van der Waals surface area contributed by atoms with Gasteiger partial charge in [0.05, 0.1) is 25.9 Å². The van der Waals surface area contributed by atoms with Crippen LogP contribution in [0.3, 0.4) is 0 Å². The molecule has 0 amide bonds. The standard InChI is InChI=1S/C23H32N4O3/c1-4-24-23(25-17-18-10-11-20(28)22(16-18)30-5-2)27-14-12-26(13-15-27)19-8-6-7-9-21(19)29-3/h6-11,16,28H,4-5,12-15,17H2,1-3H3,(H,24,25). The van der Waals surface area contributed by atoms with E-state index in [-0.39, 0.29) is 5.75 Å². The molecule has 0 unspecified atom stereocenters. The van der Waals surface area contributed by atoms with Crippen LogP contribution in [0.25, 0.3) is 0 Å². The monoisotopic (exact) mass is 412 g/mol. The zero-order valence-electron chi connectivity index (χ0n) is 18.1. The Balaban J connectivity index is 1.66. The maximum atomic E-state index is 9.89. The van der Waals surface area contributed by atoms with Gasteiger partial charge in [-0.25, -0.2) is 4.99 Å². The molecule has 0 bridgehead atoms. The van der Waals surface area contributed by atoms with Crippen LogP contribution in [-0.2, 0) is 6.54 Å². The van der Waals surface area contributed by atoms with E-state index >= 15 is 0 Å². The van der Waals surface area contributed by atoms with Crippen molar-refractivity contribution >= 4 is 11.6 Å². The number of phenolic OH excluding ortho intramolecular Hbond substituents is 1. The van der Waals surface area contributed by atoms with Crippen molar-refractivity contribution < 1.29 is 14.6 Å². The van der Waals surface area contributed by atoms with Crippen molar-refractivity contribution in [3.8, 4) is 17.2 Å². The molecule has 3 rings (SSSR count). The van der Waals surface area contributed by atoms with E-state index in [2.05, 4.69) is 28.1 Å². The Bertz CT molecular complexity index is 848. The molecule has 2 aromatic rings. The molecule has 0 aliphatic carbocycles. The molecule has 0 atom stereocenters.